The van der Waals surface area contributed by atoms with Crippen LogP contribution in [-0.2, 0) is 10.0 Å². The molecule has 0 radical (unpaired) electrons. The van der Waals surface area contributed by atoms with E-state index in [2.05, 4.69) is 5.32 Å². The molecule has 1 aromatic rings. The molecule has 142 valence electrons. The Kier molecular flexibility index (Phi) is 8.14. The van der Waals surface area contributed by atoms with Crippen molar-refractivity contribution >= 4 is 15.9 Å². The van der Waals surface area contributed by atoms with Gasteiger partial charge in [0, 0.05) is 37.8 Å². The van der Waals surface area contributed by atoms with Gasteiger partial charge in [0.05, 0.1) is 20.5 Å². The molecule has 0 saturated heterocycles. The number of nitrogens with zero attached hydrogens (tertiary/aromatic N) is 2. The molecule has 1 rings (SSSR count). The number of rotatable bonds is 10. The molecule has 1 aromatic carbocycles. The highest BCUT2D eigenvalue weighted by molar-refractivity contribution is 7.88. The number of likely N-dealkylation sites (N-methyl/N-ethyl adjacent to an activating group) is 1. The molecular formula is C16H27N3O5S. The summed E-state index contributed by atoms with van der Waals surface area (Å²) in [6.45, 7) is 1.39. The van der Waals surface area contributed by atoms with E-state index in [9.17, 15) is 13.2 Å². The molecule has 0 fully saturated rings. The molecule has 0 aliphatic carbocycles. The fourth-order valence-electron chi connectivity index (χ4n) is 2.09. The summed E-state index contributed by atoms with van der Waals surface area (Å²) in [5.41, 5.74) is 0.385. The van der Waals surface area contributed by atoms with Crippen molar-refractivity contribution in [1.82, 2.24) is 14.5 Å². The minimum Gasteiger partial charge on any atom is -0.497 e. The largest absolute Gasteiger partial charge is 0.497 e. The smallest absolute Gasteiger partial charge is 0.251 e. The van der Waals surface area contributed by atoms with E-state index < -0.39 is 10.0 Å². The van der Waals surface area contributed by atoms with Gasteiger partial charge in [0.2, 0.25) is 10.0 Å². The van der Waals surface area contributed by atoms with Gasteiger partial charge in [-0.15, -0.1) is 0 Å². The predicted molar refractivity (Wildman–Crippen MR) is 96.9 cm³/mol. The number of nitrogens with one attached hydrogen (secondary N) is 1. The first-order valence-electron chi connectivity index (χ1n) is 7.78. The van der Waals surface area contributed by atoms with Crippen LogP contribution in [0, 0.1) is 0 Å². The first kappa shape index (κ1) is 21.2. The van der Waals surface area contributed by atoms with Crippen LogP contribution in [0.15, 0.2) is 18.2 Å². The third kappa shape index (κ3) is 7.29. The van der Waals surface area contributed by atoms with Crippen molar-refractivity contribution in [1.29, 1.82) is 0 Å². The second kappa shape index (κ2) is 9.59. The highest BCUT2D eigenvalue weighted by atomic mass is 32.2. The van der Waals surface area contributed by atoms with E-state index in [0.29, 0.717) is 30.2 Å². The summed E-state index contributed by atoms with van der Waals surface area (Å²) < 4.78 is 35.3. The van der Waals surface area contributed by atoms with Crippen LogP contribution >= 0.6 is 0 Å². The van der Waals surface area contributed by atoms with Gasteiger partial charge in [0.15, 0.2) is 0 Å². The van der Waals surface area contributed by atoms with Gasteiger partial charge >= 0.3 is 0 Å². The van der Waals surface area contributed by atoms with E-state index >= 15 is 0 Å². The van der Waals surface area contributed by atoms with Crippen LogP contribution in [0.4, 0.5) is 0 Å². The highest BCUT2D eigenvalue weighted by Gasteiger charge is 2.17. The fourth-order valence-corrected chi connectivity index (χ4v) is 2.93. The zero-order valence-electron chi connectivity index (χ0n) is 15.4. The van der Waals surface area contributed by atoms with Crippen LogP contribution in [0.3, 0.4) is 0 Å². The Balaban J connectivity index is 2.68. The summed E-state index contributed by atoms with van der Waals surface area (Å²) in [5, 5.41) is 2.72. The Morgan fingerprint density at radius 3 is 2.04 bits per heavy atom. The Labute approximate surface area is 149 Å². The summed E-state index contributed by atoms with van der Waals surface area (Å²) in [7, 11) is 3.43. The Hall–Kier alpha value is -1.84. The summed E-state index contributed by atoms with van der Waals surface area (Å²) in [4.78, 5) is 14.2. The van der Waals surface area contributed by atoms with E-state index in [1.165, 1.54) is 18.5 Å². The number of hydrogen-bond donors (Lipinski definition) is 1. The van der Waals surface area contributed by atoms with Crippen molar-refractivity contribution in [3.05, 3.63) is 23.8 Å². The minimum atomic E-state index is -3.33. The first-order valence-corrected chi connectivity index (χ1v) is 9.63. The number of hydrogen-bond acceptors (Lipinski definition) is 6. The molecule has 0 heterocycles. The van der Waals surface area contributed by atoms with Gasteiger partial charge < -0.3 is 19.7 Å². The molecule has 1 N–H and O–H groups in total. The summed E-state index contributed by atoms with van der Waals surface area (Å²) in [6.07, 6.45) is 1.16. The van der Waals surface area contributed by atoms with Crippen molar-refractivity contribution in [2.45, 2.75) is 0 Å². The Morgan fingerprint density at radius 2 is 1.60 bits per heavy atom. The normalized spacial score (nSPS) is 11.6. The van der Waals surface area contributed by atoms with Gasteiger partial charge in [-0.25, -0.2) is 8.42 Å². The number of carbonyl (C=O) groups excluding carboxylic acids is 1. The quantitative estimate of drug-likeness (QED) is 0.633. The van der Waals surface area contributed by atoms with Crippen LogP contribution in [0.25, 0.3) is 0 Å². The van der Waals surface area contributed by atoms with Crippen molar-refractivity contribution in [3.8, 4) is 11.5 Å². The Bertz CT molecular complexity index is 654. The molecule has 0 bridgehead atoms. The van der Waals surface area contributed by atoms with Crippen LogP contribution in [0.1, 0.15) is 10.4 Å². The number of benzene rings is 1. The molecule has 8 nitrogen and oxygen atoms in total. The maximum Gasteiger partial charge on any atom is 0.251 e. The van der Waals surface area contributed by atoms with Crippen LogP contribution in [0.5, 0.6) is 11.5 Å². The molecular weight excluding hydrogens is 346 g/mol. The standard InChI is InChI=1S/C16H27N3O5S/c1-18(2)8-9-19(25(5,21)22)7-6-17-16(20)13-10-14(23-3)12-15(11-13)24-4/h10-12H,6-9H2,1-5H3,(H,17,20). The third-order valence-corrected chi connectivity index (χ3v) is 4.83. The molecule has 0 atom stereocenters. The molecule has 0 unspecified atom stereocenters. The average molecular weight is 373 g/mol. The van der Waals surface area contributed by atoms with E-state index in [1.807, 2.05) is 19.0 Å². The maximum absolute atomic E-state index is 12.3. The van der Waals surface area contributed by atoms with E-state index in [1.54, 1.807) is 18.2 Å². The third-order valence-electron chi connectivity index (χ3n) is 3.53. The van der Waals surface area contributed by atoms with Gasteiger partial charge in [0.1, 0.15) is 11.5 Å². The van der Waals surface area contributed by atoms with Crippen LogP contribution < -0.4 is 14.8 Å². The SMILES string of the molecule is COc1cc(OC)cc(C(=O)NCCN(CCN(C)C)S(C)(=O)=O)c1. The molecule has 25 heavy (non-hydrogen) atoms. The van der Waals surface area contributed by atoms with Gasteiger partial charge in [-0.1, -0.05) is 0 Å². The molecule has 9 heteroatoms. The second-order valence-corrected chi connectivity index (χ2v) is 7.80. The number of sulfonamides is 1. The predicted octanol–water partition coefficient (Wildman–Crippen LogP) is 0.257. The summed E-state index contributed by atoms with van der Waals surface area (Å²) in [6, 6.07) is 4.86. The fraction of sp³-hybridized carbons (Fsp3) is 0.562. The lowest BCUT2D eigenvalue weighted by atomic mass is 10.2. The van der Waals surface area contributed by atoms with Crippen LogP contribution in [-0.4, -0.2) is 84.3 Å². The lowest BCUT2D eigenvalue weighted by Gasteiger charge is -2.22. The van der Waals surface area contributed by atoms with Crippen molar-refractivity contribution in [3.63, 3.8) is 0 Å². The van der Waals surface area contributed by atoms with Crippen molar-refractivity contribution in [2.24, 2.45) is 0 Å². The van der Waals surface area contributed by atoms with Gasteiger partial charge in [-0.05, 0) is 26.2 Å². The zero-order valence-corrected chi connectivity index (χ0v) is 16.2. The number of carbonyl (C=O) groups is 1. The number of ether oxygens (including phenoxy) is 2. The molecule has 0 aliphatic heterocycles. The first-order chi connectivity index (χ1) is 11.7. The zero-order chi connectivity index (χ0) is 19.0. The molecule has 0 aliphatic rings. The van der Waals surface area contributed by atoms with Crippen molar-refractivity contribution < 1.29 is 22.7 Å². The van der Waals surface area contributed by atoms with Gasteiger partial charge in [-0.2, -0.15) is 4.31 Å². The topological polar surface area (TPSA) is 88.2 Å². The van der Waals surface area contributed by atoms with Crippen LogP contribution in [0.2, 0.25) is 0 Å². The van der Waals surface area contributed by atoms with E-state index in [-0.39, 0.29) is 19.0 Å². The highest BCUT2D eigenvalue weighted by Crippen LogP contribution is 2.22. The molecule has 0 saturated carbocycles. The van der Waals surface area contributed by atoms with Gasteiger partial charge in [-0.3, -0.25) is 4.79 Å². The summed E-state index contributed by atoms with van der Waals surface area (Å²) >= 11 is 0. The maximum atomic E-state index is 12.3. The number of methoxy groups -OCH3 is 2. The molecule has 1 amide bonds. The molecule has 0 spiro atoms. The Morgan fingerprint density at radius 1 is 1.04 bits per heavy atom. The monoisotopic (exact) mass is 373 g/mol. The van der Waals surface area contributed by atoms with Crippen molar-refractivity contribution in [2.75, 3.05) is 60.7 Å². The van der Waals surface area contributed by atoms with E-state index in [4.69, 9.17) is 9.47 Å². The average Bonchev–Trinajstić information content (AvgIpc) is 2.55. The lowest BCUT2D eigenvalue weighted by molar-refractivity contribution is 0.0950. The minimum absolute atomic E-state index is 0.207. The van der Waals surface area contributed by atoms with Gasteiger partial charge in [0.25, 0.3) is 5.91 Å². The lowest BCUT2D eigenvalue weighted by Crippen LogP contribution is -2.41. The summed E-state index contributed by atoms with van der Waals surface area (Å²) in [5.74, 6) is 0.694. The second-order valence-electron chi connectivity index (χ2n) is 5.82. The van der Waals surface area contributed by atoms with E-state index in [0.717, 1.165) is 6.26 Å². The number of amides is 1. The molecule has 0 aromatic heterocycles.